The molecule has 0 unspecified atom stereocenters. The molecule has 0 radical (unpaired) electrons. The maximum absolute atomic E-state index is 4.70. The minimum absolute atomic E-state index is 0.653. The van der Waals surface area contributed by atoms with E-state index in [1.807, 2.05) is 18.5 Å². The zero-order valence-electron chi connectivity index (χ0n) is 13.7. The zero-order valence-corrected chi connectivity index (χ0v) is 14.5. The van der Waals surface area contributed by atoms with Crippen LogP contribution in [-0.2, 0) is 13.1 Å². The highest BCUT2D eigenvalue weighted by molar-refractivity contribution is 7.09. The van der Waals surface area contributed by atoms with E-state index in [0.29, 0.717) is 6.04 Å². The Morgan fingerprint density at radius 2 is 2.17 bits per heavy atom. The summed E-state index contributed by atoms with van der Waals surface area (Å²) in [7, 11) is 0. The second-order valence-corrected chi connectivity index (χ2v) is 7.89. The van der Waals surface area contributed by atoms with Crippen molar-refractivity contribution in [3.63, 3.8) is 0 Å². The Morgan fingerprint density at radius 1 is 1.30 bits per heavy atom. The number of pyridine rings is 1. The molecule has 0 aliphatic carbocycles. The van der Waals surface area contributed by atoms with Gasteiger partial charge in [0.05, 0.1) is 10.7 Å². The molecule has 5 heteroatoms. The summed E-state index contributed by atoms with van der Waals surface area (Å²) >= 11 is 1.75. The van der Waals surface area contributed by atoms with Crippen LogP contribution in [0.5, 0.6) is 0 Å². The number of aryl methyl sites for hydroxylation is 1. The third kappa shape index (κ3) is 3.47. The SMILES string of the molecule is Cc1nc(CN(Cc2cccnc2)[C@@H]2CN3CCC2CC3)cs1. The first kappa shape index (κ1) is 15.2. The lowest BCUT2D eigenvalue weighted by Crippen LogP contribution is -2.56. The largest absolute Gasteiger partial charge is 0.302 e. The quantitative estimate of drug-likeness (QED) is 0.845. The van der Waals surface area contributed by atoms with E-state index in [-0.39, 0.29) is 0 Å². The molecule has 2 aromatic rings. The third-order valence-electron chi connectivity index (χ3n) is 5.23. The molecule has 3 saturated heterocycles. The molecule has 23 heavy (non-hydrogen) atoms. The van der Waals surface area contributed by atoms with E-state index in [2.05, 4.69) is 33.2 Å². The minimum Gasteiger partial charge on any atom is -0.302 e. The van der Waals surface area contributed by atoms with E-state index < -0.39 is 0 Å². The summed E-state index contributed by atoms with van der Waals surface area (Å²) in [5.41, 5.74) is 2.52. The smallest absolute Gasteiger partial charge is 0.0897 e. The summed E-state index contributed by atoms with van der Waals surface area (Å²) in [6.07, 6.45) is 6.56. The van der Waals surface area contributed by atoms with Crippen molar-refractivity contribution in [1.29, 1.82) is 0 Å². The Bertz CT molecular complexity index is 633. The fraction of sp³-hybridized carbons (Fsp3) is 0.556. The lowest BCUT2D eigenvalue weighted by Gasteiger charge is -2.49. The number of nitrogens with zero attached hydrogens (tertiary/aromatic N) is 4. The normalized spacial score (nSPS) is 26.8. The van der Waals surface area contributed by atoms with Crippen LogP contribution in [0.4, 0.5) is 0 Å². The highest BCUT2D eigenvalue weighted by Crippen LogP contribution is 2.32. The van der Waals surface area contributed by atoms with Gasteiger partial charge in [-0.05, 0) is 50.4 Å². The number of piperidine rings is 3. The second-order valence-electron chi connectivity index (χ2n) is 6.83. The molecule has 0 amide bonds. The average Bonchev–Trinajstić information content (AvgIpc) is 3.01. The lowest BCUT2D eigenvalue weighted by atomic mass is 9.83. The van der Waals surface area contributed by atoms with E-state index in [1.165, 1.54) is 43.7 Å². The molecule has 0 aromatic carbocycles. The maximum atomic E-state index is 4.70. The molecule has 5 heterocycles. The van der Waals surface area contributed by atoms with Gasteiger partial charge in [-0.15, -0.1) is 11.3 Å². The monoisotopic (exact) mass is 328 g/mol. The van der Waals surface area contributed by atoms with Crippen molar-refractivity contribution in [2.24, 2.45) is 5.92 Å². The molecule has 0 saturated carbocycles. The van der Waals surface area contributed by atoms with Crippen LogP contribution < -0.4 is 0 Å². The summed E-state index contributed by atoms with van der Waals surface area (Å²) in [5, 5.41) is 3.38. The van der Waals surface area contributed by atoms with E-state index in [4.69, 9.17) is 4.98 Å². The molecule has 5 rings (SSSR count). The highest BCUT2D eigenvalue weighted by atomic mass is 32.1. The van der Waals surface area contributed by atoms with Crippen LogP contribution in [0.3, 0.4) is 0 Å². The first-order chi connectivity index (χ1) is 11.3. The molecule has 1 atom stereocenters. The van der Waals surface area contributed by atoms with Crippen molar-refractivity contribution < 1.29 is 0 Å². The Labute approximate surface area is 142 Å². The van der Waals surface area contributed by atoms with Crippen LogP contribution in [0, 0.1) is 12.8 Å². The standard InChI is InChI=1S/C18H24N4S/c1-14-20-17(13-23-14)11-22(10-15-3-2-6-19-9-15)18-12-21-7-4-16(18)5-8-21/h2-3,6,9,13,16,18H,4-5,7-8,10-12H2,1H3/t18-/m1/s1. The van der Waals surface area contributed by atoms with Crippen LogP contribution in [0.2, 0.25) is 0 Å². The van der Waals surface area contributed by atoms with Gasteiger partial charge in [-0.25, -0.2) is 4.98 Å². The second kappa shape index (κ2) is 6.67. The van der Waals surface area contributed by atoms with Gasteiger partial charge in [-0.3, -0.25) is 9.88 Å². The van der Waals surface area contributed by atoms with Crippen LogP contribution in [0.1, 0.15) is 29.1 Å². The Morgan fingerprint density at radius 3 is 2.78 bits per heavy atom. The van der Waals surface area contributed by atoms with Gasteiger partial charge in [0, 0.05) is 43.4 Å². The van der Waals surface area contributed by atoms with Crippen LogP contribution in [0.15, 0.2) is 29.9 Å². The zero-order chi connectivity index (χ0) is 15.6. The number of thiazole rings is 1. The fourth-order valence-electron chi connectivity index (χ4n) is 4.05. The summed E-state index contributed by atoms with van der Waals surface area (Å²) in [5.74, 6) is 0.844. The summed E-state index contributed by atoms with van der Waals surface area (Å²) in [6.45, 7) is 7.81. The van der Waals surface area contributed by atoms with E-state index in [1.54, 1.807) is 11.3 Å². The molecule has 2 bridgehead atoms. The maximum Gasteiger partial charge on any atom is 0.0897 e. The van der Waals surface area contributed by atoms with E-state index >= 15 is 0 Å². The number of hydrogen-bond donors (Lipinski definition) is 0. The predicted molar refractivity (Wildman–Crippen MR) is 93.3 cm³/mol. The molecule has 3 aliphatic rings. The summed E-state index contributed by atoms with van der Waals surface area (Å²) < 4.78 is 0. The van der Waals surface area contributed by atoms with E-state index in [0.717, 1.165) is 24.0 Å². The molecule has 122 valence electrons. The average molecular weight is 328 g/mol. The molecule has 0 N–H and O–H groups in total. The number of rotatable bonds is 5. The predicted octanol–water partition coefficient (Wildman–Crippen LogP) is 2.94. The Hall–Kier alpha value is -1.30. The van der Waals surface area contributed by atoms with Crippen LogP contribution in [-0.4, -0.2) is 45.4 Å². The Kier molecular flexibility index (Phi) is 4.42. The summed E-state index contributed by atoms with van der Waals surface area (Å²) in [6, 6.07) is 4.88. The van der Waals surface area contributed by atoms with Gasteiger partial charge < -0.3 is 4.90 Å². The first-order valence-corrected chi connectivity index (χ1v) is 9.42. The van der Waals surface area contributed by atoms with Crippen LogP contribution in [0.25, 0.3) is 0 Å². The van der Waals surface area contributed by atoms with Gasteiger partial charge in [0.2, 0.25) is 0 Å². The molecule has 0 spiro atoms. The van der Waals surface area contributed by atoms with Crippen molar-refractivity contribution in [1.82, 2.24) is 19.8 Å². The third-order valence-corrected chi connectivity index (χ3v) is 6.05. The van der Waals surface area contributed by atoms with Crippen LogP contribution >= 0.6 is 11.3 Å². The first-order valence-electron chi connectivity index (χ1n) is 8.54. The lowest BCUT2D eigenvalue weighted by molar-refractivity contribution is -0.00309. The van der Waals surface area contributed by atoms with Crippen molar-refractivity contribution in [2.45, 2.75) is 38.9 Å². The van der Waals surface area contributed by atoms with Gasteiger partial charge >= 0.3 is 0 Å². The van der Waals surface area contributed by atoms with Crippen molar-refractivity contribution in [3.8, 4) is 0 Å². The molecule has 2 aromatic heterocycles. The van der Waals surface area contributed by atoms with E-state index in [9.17, 15) is 0 Å². The van der Waals surface area contributed by atoms with Gasteiger partial charge in [-0.1, -0.05) is 6.07 Å². The summed E-state index contributed by atoms with van der Waals surface area (Å²) in [4.78, 5) is 14.3. The van der Waals surface area contributed by atoms with Gasteiger partial charge in [0.25, 0.3) is 0 Å². The molecular weight excluding hydrogens is 304 g/mol. The molecule has 4 nitrogen and oxygen atoms in total. The number of fused-ring (bicyclic) bond motifs is 3. The van der Waals surface area contributed by atoms with Crippen molar-refractivity contribution in [2.75, 3.05) is 19.6 Å². The Balaban J connectivity index is 1.55. The van der Waals surface area contributed by atoms with Crippen molar-refractivity contribution >= 4 is 11.3 Å². The fourth-order valence-corrected chi connectivity index (χ4v) is 4.66. The minimum atomic E-state index is 0.653. The topological polar surface area (TPSA) is 32.3 Å². The highest BCUT2D eigenvalue weighted by Gasteiger charge is 2.37. The molecule has 3 fully saturated rings. The molecular formula is C18H24N4S. The van der Waals surface area contributed by atoms with Gasteiger partial charge in [0.15, 0.2) is 0 Å². The molecule has 3 aliphatic heterocycles. The van der Waals surface area contributed by atoms with Crippen molar-refractivity contribution in [3.05, 3.63) is 46.2 Å². The number of hydrogen-bond acceptors (Lipinski definition) is 5. The van der Waals surface area contributed by atoms with Gasteiger partial charge in [-0.2, -0.15) is 0 Å². The number of aromatic nitrogens is 2. The van der Waals surface area contributed by atoms with Gasteiger partial charge in [0.1, 0.15) is 0 Å².